The molecule has 15 heavy (non-hydrogen) atoms. The lowest BCUT2D eigenvalue weighted by Crippen LogP contribution is -2.12. The zero-order valence-electron chi connectivity index (χ0n) is 8.82. The largest absolute Gasteiger partial charge is 0.302 e. The summed E-state index contributed by atoms with van der Waals surface area (Å²) in [7, 11) is 0. The molecule has 0 saturated heterocycles. The second kappa shape index (κ2) is 5.60. The van der Waals surface area contributed by atoms with Gasteiger partial charge >= 0.3 is 0 Å². The van der Waals surface area contributed by atoms with Crippen LogP contribution < -0.4 is 5.32 Å². The van der Waals surface area contributed by atoms with Gasteiger partial charge in [-0.2, -0.15) is 0 Å². The van der Waals surface area contributed by atoms with E-state index in [1.807, 2.05) is 13.8 Å². The minimum absolute atomic E-state index is 0.0202. The number of nitrogens with zero attached hydrogens (tertiary/aromatic N) is 1. The van der Waals surface area contributed by atoms with E-state index in [-0.39, 0.29) is 11.8 Å². The maximum Gasteiger partial charge on any atom is 0.229 e. The van der Waals surface area contributed by atoms with Crippen LogP contribution in [-0.2, 0) is 4.79 Å². The first-order valence-electron chi connectivity index (χ1n) is 5.01. The predicted octanol–water partition coefficient (Wildman–Crippen LogP) is 2.33. The van der Waals surface area contributed by atoms with E-state index in [2.05, 4.69) is 10.3 Å². The second-order valence-electron chi connectivity index (χ2n) is 2.95. The fraction of sp³-hybridized carbons (Fsp3) is 0.500. The molecule has 5 heteroatoms. The summed E-state index contributed by atoms with van der Waals surface area (Å²) in [4.78, 5) is 26.0. The van der Waals surface area contributed by atoms with Crippen molar-refractivity contribution >= 4 is 28.7 Å². The Morgan fingerprint density at radius 2 is 2.27 bits per heavy atom. The van der Waals surface area contributed by atoms with Gasteiger partial charge in [0.1, 0.15) is 0 Å². The summed E-state index contributed by atoms with van der Waals surface area (Å²) in [6.07, 6.45) is 4.13. The number of thiazole rings is 1. The second-order valence-corrected chi connectivity index (χ2v) is 4.01. The molecule has 4 nitrogen and oxygen atoms in total. The molecule has 0 atom stereocenters. The Kier molecular flexibility index (Phi) is 4.42. The lowest BCUT2D eigenvalue weighted by atomic mass is 10.4. The smallest absolute Gasteiger partial charge is 0.229 e. The van der Waals surface area contributed by atoms with Crippen LogP contribution in [0.5, 0.6) is 0 Å². The number of anilines is 1. The third-order valence-corrected chi connectivity index (χ3v) is 2.66. The van der Waals surface area contributed by atoms with Crippen molar-refractivity contribution < 1.29 is 9.59 Å². The van der Waals surface area contributed by atoms with E-state index in [4.69, 9.17) is 0 Å². The number of aromatic nitrogens is 1. The molecular weight excluding hydrogens is 212 g/mol. The van der Waals surface area contributed by atoms with E-state index in [1.165, 1.54) is 17.5 Å². The fourth-order valence-electron chi connectivity index (χ4n) is 0.952. The average Bonchev–Trinajstić information content (AvgIpc) is 3.03. The normalized spacial score (nSPS) is 13.7. The molecule has 1 N–H and O–H groups in total. The first kappa shape index (κ1) is 11.8. The highest BCUT2D eigenvalue weighted by molar-refractivity contribution is 7.17. The van der Waals surface area contributed by atoms with Crippen LogP contribution in [0.3, 0.4) is 0 Å². The molecule has 1 aliphatic carbocycles. The van der Waals surface area contributed by atoms with Gasteiger partial charge in [0, 0.05) is 5.92 Å². The molecule has 0 radical (unpaired) electrons. The highest BCUT2D eigenvalue weighted by Crippen LogP contribution is 2.30. The highest BCUT2D eigenvalue weighted by Gasteiger charge is 2.29. The molecule has 2 rings (SSSR count). The van der Waals surface area contributed by atoms with Crippen LogP contribution >= 0.6 is 11.3 Å². The van der Waals surface area contributed by atoms with Crippen LogP contribution in [0, 0.1) is 5.92 Å². The Morgan fingerprint density at radius 1 is 1.60 bits per heavy atom. The van der Waals surface area contributed by atoms with Gasteiger partial charge in [0.05, 0.1) is 11.1 Å². The SMILES string of the molecule is CC.O=Cc1cnc(NC(=O)C2CC2)s1. The van der Waals surface area contributed by atoms with Gasteiger partial charge in [-0.1, -0.05) is 25.2 Å². The van der Waals surface area contributed by atoms with Crippen molar-refractivity contribution in [2.24, 2.45) is 5.92 Å². The van der Waals surface area contributed by atoms with Gasteiger partial charge in [0.15, 0.2) is 11.4 Å². The molecule has 0 aliphatic heterocycles. The Balaban J connectivity index is 0.000000531. The third-order valence-electron chi connectivity index (χ3n) is 1.82. The average molecular weight is 226 g/mol. The molecule has 1 saturated carbocycles. The fourth-order valence-corrected chi connectivity index (χ4v) is 1.59. The van der Waals surface area contributed by atoms with Crippen LogP contribution in [0.1, 0.15) is 36.4 Å². The Hall–Kier alpha value is -1.23. The lowest BCUT2D eigenvalue weighted by Gasteiger charge is -1.96. The minimum atomic E-state index is 0.0202. The van der Waals surface area contributed by atoms with Crippen LogP contribution in [0.15, 0.2) is 6.20 Å². The molecule has 0 spiro atoms. The van der Waals surface area contributed by atoms with Gasteiger partial charge in [-0.3, -0.25) is 9.59 Å². The Labute approximate surface area is 92.7 Å². The summed E-state index contributed by atoms with van der Waals surface area (Å²) >= 11 is 1.20. The molecule has 0 aromatic carbocycles. The van der Waals surface area contributed by atoms with Crippen LogP contribution in [0.4, 0.5) is 5.13 Å². The van der Waals surface area contributed by atoms with Crippen molar-refractivity contribution in [2.75, 3.05) is 5.32 Å². The minimum Gasteiger partial charge on any atom is -0.302 e. The van der Waals surface area contributed by atoms with Crippen molar-refractivity contribution in [3.8, 4) is 0 Å². The summed E-state index contributed by atoms with van der Waals surface area (Å²) in [5, 5.41) is 3.18. The maximum atomic E-state index is 11.2. The Morgan fingerprint density at radius 3 is 2.73 bits per heavy atom. The molecule has 0 bridgehead atoms. The van der Waals surface area contributed by atoms with E-state index in [0.29, 0.717) is 10.0 Å². The van der Waals surface area contributed by atoms with Crippen molar-refractivity contribution in [1.82, 2.24) is 4.98 Å². The van der Waals surface area contributed by atoms with Gasteiger partial charge in [0.2, 0.25) is 5.91 Å². The van der Waals surface area contributed by atoms with Gasteiger partial charge in [-0.25, -0.2) is 4.98 Å². The zero-order valence-corrected chi connectivity index (χ0v) is 9.63. The number of nitrogens with one attached hydrogen (secondary N) is 1. The number of amides is 1. The number of hydrogen-bond acceptors (Lipinski definition) is 4. The molecule has 1 aromatic heterocycles. The highest BCUT2D eigenvalue weighted by atomic mass is 32.1. The summed E-state index contributed by atoms with van der Waals surface area (Å²) in [6.45, 7) is 4.00. The molecule has 1 aromatic rings. The summed E-state index contributed by atoms with van der Waals surface area (Å²) < 4.78 is 0. The van der Waals surface area contributed by atoms with Crippen molar-refractivity contribution in [3.63, 3.8) is 0 Å². The molecule has 0 unspecified atom stereocenters. The monoisotopic (exact) mass is 226 g/mol. The van der Waals surface area contributed by atoms with Gasteiger partial charge < -0.3 is 5.32 Å². The molecule has 1 amide bonds. The maximum absolute atomic E-state index is 11.2. The topological polar surface area (TPSA) is 59.1 Å². The van der Waals surface area contributed by atoms with Crippen LogP contribution in [-0.4, -0.2) is 17.2 Å². The standard InChI is InChI=1S/C8H8N2O2S.C2H6/c11-4-6-3-9-8(13-6)10-7(12)5-1-2-5;1-2/h3-5H,1-2H2,(H,9,10,12);1-2H3. The number of aldehydes is 1. The molecule has 1 fully saturated rings. The first-order chi connectivity index (χ1) is 7.29. The van der Waals surface area contributed by atoms with Gasteiger partial charge in [-0.05, 0) is 12.8 Å². The number of carbonyl (C=O) groups excluding carboxylic acids is 2. The molecule has 1 aliphatic rings. The van der Waals surface area contributed by atoms with E-state index < -0.39 is 0 Å². The zero-order chi connectivity index (χ0) is 11.3. The van der Waals surface area contributed by atoms with E-state index in [0.717, 1.165) is 19.1 Å². The summed E-state index contributed by atoms with van der Waals surface area (Å²) in [5.74, 6) is 0.190. The number of rotatable bonds is 3. The van der Waals surface area contributed by atoms with E-state index in [1.54, 1.807) is 0 Å². The van der Waals surface area contributed by atoms with Crippen molar-refractivity contribution in [1.29, 1.82) is 0 Å². The van der Waals surface area contributed by atoms with Crippen LogP contribution in [0.2, 0.25) is 0 Å². The Bertz CT molecular complexity index is 345. The number of carbonyl (C=O) groups is 2. The summed E-state index contributed by atoms with van der Waals surface area (Å²) in [5.41, 5.74) is 0. The quantitative estimate of drug-likeness (QED) is 0.805. The van der Waals surface area contributed by atoms with Crippen molar-refractivity contribution in [3.05, 3.63) is 11.1 Å². The predicted molar refractivity (Wildman–Crippen MR) is 60.2 cm³/mol. The van der Waals surface area contributed by atoms with E-state index in [9.17, 15) is 9.59 Å². The number of hydrogen-bond donors (Lipinski definition) is 1. The van der Waals surface area contributed by atoms with Gasteiger partial charge in [0.25, 0.3) is 0 Å². The first-order valence-corrected chi connectivity index (χ1v) is 5.83. The summed E-state index contributed by atoms with van der Waals surface area (Å²) in [6, 6.07) is 0. The molecule has 82 valence electrons. The van der Waals surface area contributed by atoms with Crippen molar-refractivity contribution in [2.45, 2.75) is 26.7 Å². The molecular formula is C10H14N2O2S. The third kappa shape index (κ3) is 3.43. The van der Waals surface area contributed by atoms with E-state index >= 15 is 0 Å². The lowest BCUT2D eigenvalue weighted by molar-refractivity contribution is -0.117. The molecule has 1 heterocycles. The van der Waals surface area contributed by atoms with Gasteiger partial charge in [-0.15, -0.1) is 0 Å². The van der Waals surface area contributed by atoms with Crippen LogP contribution in [0.25, 0.3) is 0 Å².